The van der Waals surface area contributed by atoms with E-state index in [9.17, 15) is 32.8 Å². The first-order valence-corrected chi connectivity index (χ1v) is 26.3. The molecule has 3 aliphatic rings. The molecule has 2 aliphatic heterocycles. The Morgan fingerprint density at radius 3 is 2.32 bits per heavy atom. The minimum Gasteiger partial charge on any atom is -0.378 e. The maximum atomic E-state index is 14.8. The van der Waals surface area contributed by atoms with Crippen molar-refractivity contribution >= 4 is 85.8 Å². The zero-order valence-electron chi connectivity index (χ0n) is 42.4. The summed E-state index contributed by atoms with van der Waals surface area (Å²) in [7, 11) is 3.22. The van der Waals surface area contributed by atoms with E-state index in [1.54, 1.807) is 29.8 Å². The molecule has 396 valence electrons. The lowest BCUT2D eigenvalue weighted by molar-refractivity contribution is -0.140. The fourth-order valence-corrected chi connectivity index (χ4v) is 10.7. The molecule has 2 aromatic carbocycles. The number of amides is 5. The van der Waals surface area contributed by atoms with Crippen molar-refractivity contribution in [2.24, 2.45) is 13.0 Å². The highest BCUT2D eigenvalue weighted by atomic mass is 35.5. The molecule has 0 unspecified atom stereocenters. The van der Waals surface area contributed by atoms with Gasteiger partial charge in [-0.05, 0) is 64.3 Å². The molecule has 74 heavy (non-hydrogen) atoms. The van der Waals surface area contributed by atoms with E-state index < -0.39 is 35.5 Å². The average Bonchev–Trinajstić information content (AvgIpc) is 3.98. The number of nitrogens with zero attached hydrogens (tertiary/aromatic N) is 8. The molecule has 0 radical (unpaired) electrons. The first-order valence-electron chi connectivity index (χ1n) is 25.1. The van der Waals surface area contributed by atoms with Gasteiger partial charge in [0.05, 0.1) is 47.2 Å². The van der Waals surface area contributed by atoms with Crippen molar-refractivity contribution in [3.05, 3.63) is 86.8 Å². The van der Waals surface area contributed by atoms with Gasteiger partial charge in [0.2, 0.25) is 11.8 Å². The molecule has 2 atom stereocenters. The number of fused-ring (bicyclic) bond motifs is 1. The number of piperazine rings is 2. The van der Waals surface area contributed by atoms with E-state index in [-0.39, 0.29) is 85.1 Å². The van der Waals surface area contributed by atoms with E-state index in [4.69, 9.17) is 16.3 Å². The van der Waals surface area contributed by atoms with E-state index in [0.717, 1.165) is 68.7 Å². The highest BCUT2D eigenvalue weighted by Crippen LogP contribution is 2.32. The minimum absolute atomic E-state index is 0.0115. The number of aromatic nitrogens is 4. The number of rotatable bonds is 18. The molecule has 0 bridgehead atoms. The Kier molecular flexibility index (Phi) is 17.7. The van der Waals surface area contributed by atoms with Crippen molar-refractivity contribution in [2.45, 2.75) is 65.0 Å². The van der Waals surface area contributed by atoms with Gasteiger partial charge in [-0.1, -0.05) is 54.3 Å². The lowest BCUT2D eigenvalue weighted by atomic mass is 9.83. The number of carbonyl (C=O) groups excluding carboxylic acids is 5. The maximum Gasteiger partial charge on any atom is 0.271 e. The van der Waals surface area contributed by atoms with Crippen LogP contribution < -0.4 is 31.5 Å². The summed E-state index contributed by atoms with van der Waals surface area (Å²) in [5.74, 6) is -2.27. The largest absolute Gasteiger partial charge is 0.378 e. The van der Waals surface area contributed by atoms with Crippen LogP contribution in [0.2, 0.25) is 5.02 Å². The Balaban J connectivity index is 0.810. The number of thiazole rings is 1. The smallest absolute Gasteiger partial charge is 0.271 e. The van der Waals surface area contributed by atoms with Crippen LogP contribution in [0.15, 0.2) is 42.6 Å². The zero-order valence-corrected chi connectivity index (χ0v) is 43.9. The number of anilines is 4. The summed E-state index contributed by atoms with van der Waals surface area (Å²) >= 11 is 7.50. The first kappa shape index (κ1) is 53.9. The van der Waals surface area contributed by atoms with Gasteiger partial charge >= 0.3 is 0 Å². The zero-order chi connectivity index (χ0) is 52.6. The standard InChI is InChI=1S/C51H64ClF2N13O6S/c1-30-10-9-13-35(52)43(30)61-47(69)39-29-57-51(74-39)60-40-28-41(59-32(3)58-40)65-17-15-64(16-18-65)23-25-73-24-14-56-48(70)42-34-26-36(53)37(54)27-38(34)63(5)45(42)50(72)67-21-19-66(20-22-67)49(71)44(33-11-7-6-8-12-33)62-46(68)31(2)55-4/h9-10,13,26-29,31,33,44,55H,6-8,11-12,14-25H2,1-5H3,(H,56,70)(H,61,69)(H,62,68)(H,57,58,59,60)/t31-,44-/m0/s1. The fraction of sp³-hybridized carbons (Fsp3) is 0.490. The quantitative estimate of drug-likeness (QED) is 0.0688. The molecule has 23 heteroatoms. The molecule has 5 aromatic rings. The summed E-state index contributed by atoms with van der Waals surface area (Å²) in [6.07, 6.45) is 6.24. The van der Waals surface area contributed by atoms with Gasteiger partial charge in [-0.3, -0.25) is 28.9 Å². The number of hydrogen-bond donors (Lipinski definition) is 5. The van der Waals surface area contributed by atoms with Crippen molar-refractivity contribution in [3.63, 3.8) is 0 Å². The fourth-order valence-electron chi connectivity index (χ4n) is 9.76. The minimum atomic E-state index is -1.15. The SMILES string of the molecule is CN[C@@H](C)C(=O)N[C@H](C(=O)N1CCN(C(=O)c2c(C(=O)NCCOCCN3CCN(c4cc(Nc5ncc(C(=O)Nc6c(C)cccc6Cl)s5)nc(C)n4)CC3)c3cc(F)c(F)cc3n2C)CC1)C1CCCCC1. The van der Waals surface area contributed by atoms with Crippen molar-refractivity contribution < 1.29 is 37.5 Å². The molecule has 5 N–H and O–H groups in total. The summed E-state index contributed by atoms with van der Waals surface area (Å²) in [5.41, 5.74) is 1.47. The summed E-state index contributed by atoms with van der Waals surface area (Å²) in [6, 6.07) is 8.03. The van der Waals surface area contributed by atoms with Gasteiger partial charge in [0.1, 0.15) is 34.1 Å². The number of carbonyl (C=O) groups is 5. The second kappa shape index (κ2) is 24.3. The third kappa shape index (κ3) is 12.6. The van der Waals surface area contributed by atoms with Crippen LogP contribution in [-0.4, -0.2) is 162 Å². The van der Waals surface area contributed by atoms with Crippen LogP contribution >= 0.6 is 22.9 Å². The van der Waals surface area contributed by atoms with Crippen LogP contribution in [0.5, 0.6) is 0 Å². The molecular formula is C51H64ClF2N13O6S. The second-order valence-electron chi connectivity index (χ2n) is 19.0. The van der Waals surface area contributed by atoms with Gasteiger partial charge in [-0.2, -0.15) is 0 Å². The number of hydrogen-bond acceptors (Lipinski definition) is 14. The van der Waals surface area contributed by atoms with E-state index in [2.05, 4.69) is 51.3 Å². The third-order valence-electron chi connectivity index (χ3n) is 14.1. The van der Waals surface area contributed by atoms with Gasteiger partial charge in [-0.25, -0.2) is 23.7 Å². The first-order chi connectivity index (χ1) is 35.6. The van der Waals surface area contributed by atoms with Crippen molar-refractivity contribution in [1.29, 1.82) is 0 Å². The number of benzene rings is 2. The molecule has 5 amide bonds. The topological polar surface area (TPSA) is 211 Å². The van der Waals surface area contributed by atoms with Gasteiger partial charge in [-0.15, -0.1) is 0 Å². The van der Waals surface area contributed by atoms with Gasteiger partial charge < -0.3 is 50.6 Å². The molecule has 19 nitrogen and oxygen atoms in total. The van der Waals surface area contributed by atoms with Gasteiger partial charge in [0.15, 0.2) is 16.8 Å². The molecule has 1 aliphatic carbocycles. The lowest BCUT2D eigenvalue weighted by Gasteiger charge is -2.39. The number of nitrogens with one attached hydrogen (secondary N) is 5. The third-order valence-corrected chi connectivity index (χ3v) is 15.3. The summed E-state index contributed by atoms with van der Waals surface area (Å²) in [4.78, 5) is 90.0. The molecular weight excluding hydrogens is 996 g/mol. The summed E-state index contributed by atoms with van der Waals surface area (Å²) in [5, 5.41) is 15.9. The highest BCUT2D eigenvalue weighted by molar-refractivity contribution is 7.17. The number of ether oxygens (including phenoxy) is 1. The monoisotopic (exact) mass is 1060 g/mol. The van der Waals surface area contributed by atoms with Crippen LogP contribution in [0.3, 0.4) is 0 Å². The molecule has 0 spiro atoms. The van der Waals surface area contributed by atoms with Crippen LogP contribution in [0.4, 0.5) is 31.2 Å². The highest BCUT2D eigenvalue weighted by Gasteiger charge is 2.38. The molecule has 8 rings (SSSR count). The average molecular weight is 1060 g/mol. The van der Waals surface area contributed by atoms with E-state index in [1.165, 1.54) is 29.1 Å². The molecule has 3 aromatic heterocycles. The number of para-hydroxylation sites is 1. The summed E-state index contributed by atoms with van der Waals surface area (Å²) in [6.45, 7) is 10.3. The van der Waals surface area contributed by atoms with Gasteiger partial charge in [0, 0.05) is 90.0 Å². The molecule has 5 heterocycles. The lowest BCUT2D eigenvalue weighted by Crippen LogP contribution is -2.59. The number of halogens is 3. The van der Waals surface area contributed by atoms with Crippen molar-refractivity contribution in [1.82, 2.24) is 50.2 Å². The second-order valence-corrected chi connectivity index (χ2v) is 20.4. The van der Waals surface area contributed by atoms with Gasteiger partial charge in [0.25, 0.3) is 17.7 Å². The Morgan fingerprint density at radius 2 is 1.61 bits per heavy atom. The van der Waals surface area contributed by atoms with Crippen molar-refractivity contribution in [2.75, 3.05) is 101 Å². The van der Waals surface area contributed by atoms with E-state index in [0.29, 0.717) is 58.6 Å². The summed E-state index contributed by atoms with van der Waals surface area (Å²) < 4.78 is 36.7. The Hall–Kier alpha value is -6.33. The Morgan fingerprint density at radius 1 is 0.892 bits per heavy atom. The van der Waals surface area contributed by atoms with Crippen LogP contribution in [0.1, 0.15) is 80.9 Å². The number of aryl methyl sites for hydroxylation is 3. The van der Waals surface area contributed by atoms with Crippen LogP contribution in [0.25, 0.3) is 10.9 Å². The normalized spacial score (nSPS) is 16.5. The maximum absolute atomic E-state index is 14.8. The van der Waals surface area contributed by atoms with E-state index >= 15 is 0 Å². The van der Waals surface area contributed by atoms with E-state index in [1.807, 2.05) is 32.0 Å². The predicted octanol–water partition coefficient (Wildman–Crippen LogP) is 5.50. The Bertz CT molecular complexity index is 2840. The number of likely N-dealkylation sites (N-methyl/N-ethyl adjacent to an activating group) is 1. The van der Waals surface area contributed by atoms with Crippen molar-refractivity contribution in [3.8, 4) is 0 Å². The van der Waals surface area contributed by atoms with Crippen LogP contribution in [-0.2, 0) is 21.4 Å². The Labute approximate surface area is 437 Å². The molecule has 2 saturated heterocycles. The predicted molar refractivity (Wildman–Crippen MR) is 280 cm³/mol. The molecule has 1 saturated carbocycles. The van der Waals surface area contributed by atoms with Crippen LogP contribution in [0, 0.1) is 31.4 Å². The molecule has 3 fully saturated rings.